The number of nitro groups is 1. The zero-order valence-corrected chi connectivity index (χ0v) is 12.2. The molecule has 1 fully saturated rings. The van der Waals surface area contributed by atoms with Gasteiger partial charge in [0.2, 0.25) is 5.82 Å². The molecule has 0 unspecified atom stereocenters. The summed E-state index contributed by atoms with van der Waals surface area (Å²) in [6, 6.07) is 2.39. The van der Waals surface area contributed by atoms with Crippen molar-refractivity contribution in [1.29, 1.82) is 0 Å². The van der Waals surface area contributed by atoms with E-state index in [0.29, 0.717) is 13.1 Å². The van der Waals surface area contributed by atoms with Crippen LogP contribution in [-0.2, 0) is 0 Å². The van der Waals surface area contributed by atoms with Gasteiger partial charge in [-0.2, -0.15) is 0 Å². The van der Waals surface area contributed by atoms with E-state index in [1.54, 1.807) is 0 Å². The van der Waals surface area contributed by atoms with Crippen molar-refractivity contribution < 1.29 is 14.8 Å². The summed E-state index contributed by atoms with van der Waals surface area (Å²) in [5.41, 5.74) is -0.0603. The Balaban J connectivity index is 2.32. The summed E-state index contributed by atoms with van der Waals surface area (Å²) in [5, 5.41) is 20.1. The van der Waals surface area contributed by atoms with Gasteiger partial charge < -0.3 is 10.0 Å². The van der Waals surface area contributed by atoms with Crippen molar-refractivity contribution in [2.75, 3.05) is 18.0 Å². The first-order valence-electron chi connectivity index (χ1n) is 7.00. The van der Waals surface area contributed by atoms with Gasteiger partial charge in [-0.15, -0.1) is 0 Å². The maximum Gasteiger partial charge on any atom is 0.354 e. The fraction of sp³-hybridized carbons (Fsp3) is 0.571. The number of hydrogen-bond donors (Lipinski definition) is 1. The average Bonchev–Trinajstić information content (AvgIpc) is 2.47. The normalized spacial score (nSPS) is 17.5. The minimum atomic E-state index is -1.18. The maximum atomic E-state index is 11.1. The molecule has 114 valence electrons. The van der Waals surface area contributed by atoms with Crippen LogP contribution in [0.25, 0.3) is 0 Å². The summed E-state index contributed by atoms with van der Waals surface area (Å²) in [5.74, 6) is -1.01. The van der Waals surface area contributed by atoms with E-state index in [9.17, 15) is 14.9 Å². The number of rotatable bonds is 4. The van der Waals surface area contributed by atoms with Gasteiger partial charge in [0, 0.05) is 19.2 Å². The molecular formula is C14H19N3O4. The monoisotopic (exact) mass is 293 g/mol. The Morgan fingerprint density at radius 3 is 2.57 bits per heavy atom. The van der Waals surface area contributed by atoms with Gasteiger partial charge >= 0.3 is 11.7 Å². The third-order valence-electron chi connectivity index (χ3n) is 4.39. The van der Waals surface area contributed by atoms with Gasteiger partial charge in [0.05, 0.1) is 4.92 Å². The molecule has 0 spiro atoms. The molecule has 7 nitrogen and oxygen atoms in total. The predicted molar refractivity (Wildman–Crippen MR) is 77.7 cm³/mol. The van der Waals surface area contributed by atoms with Gasteiger partial charge in [-0.3, -0.25) is 10.1 Å². The molecule has 2 rings (SSSR count). The second kappa shape index (κ2) is 5.67. The molecule has 0 aliphatic carbocycles. The van der Waals surface area contributed by atoms with Gasteiger partial charge in [-0.1, -0.05) is 20.3 Å². The van der Waals surface area contributed by atoms with E-state index in [0.717, 1.165) is 19.3 Å². The number of aromatic carboxylic acids is 1. The van der Waals surface area contributed by atoms with Gasteiger partial charge in [-0.05, 0) is 24.3 Å². The summed E-state index contributed by atoms with van der Waals surface area (Å²) >= 11 is 0. The first kappa shape index (κ1) is 15.2. The molecule has 21 heavy (non-hydrogen) atoms. The molecule has 0 atom stereocenters. The van der Waals surface area contributed by atoms with Gasteiger partial charge in [-0.25, -0.2) is 9.78 Å². The highest BCUT2D eigenvalue weighted by atomic mass is 16.6. The molecule has 7 heteroatoms. The van der Waals surface area contributed by atoms with Crippen LogP contribution < -0.4 is 4.90 Å². The summed E-state index contributed by atoms with van der Waals surface area (Å²) in [6.45, 7) is 5.66. The molecule has 0 aromatic carbocycles. The summed E-state index contributed by atoms with van der Waals surface area (Å²) in [6.07, 6.45) is 2.89. The summed E-state index contributed by atoms with van der Waals surface area (Å²) in [7, 11) is 0. The van der Waals surface area contributed by atoms with Crippen LogP contribution >= 0.6 is 0 Å². The second-order valence-electron chi connectivity index (χ2n) is 5.75. The number of anilines is 1. The fourth-order valence-corrected chi connectivity index (χ4v) is 2.55. The van der Waals surface area contributed by atoms with E-state index in [2.05, 4.69) is 18.8 Å². The van der Waals surface area contributed by atoms with Gasteiger partial charge in [0.15, 0.2) is 5.69 Å². The summed E-state index contributed by atoms with van der Waals surface area (Å²) < 4.78 is 0. The Hall–Kier alpha value is -2.18. The SMILES string of the molecule is CCC1(C)CCN(c2nc(C(=O)O)ccc2[N+](=O)[O-])CC1. The highest BCUT2D eigenvalue weighted by molar-refractivity contribution is 5.86. The third-order valence-corrected chi connectivity index (χ3v) is 4.39. The Morgan fingerprint density at radius 2 is 2.10 bits per heavy atom. The number of carboxylic acids is 1. The lowest BCUT2D eigenvalue weighted by atomic mass is 9.78. The number of pyridine rings is 1. The lowest BCUT2D eigenvalue weighted by molar-refractivity contribution is -0.384. The molecule has 1 aromatic heterocycles. The van der Waals surface area contributed by atoms with Crippen LogP contribution in [0.3, 0.4) is 0 Å². The van der Waals surface area contributed by atoms with Crippen LogP contribution in [-0.4, -0.2) is 34.1 Å². The Morgan fingerprint density at radius 1 is 1.48 bits per heavy atom. The Kier molecular flexibility index (Phi) is 4.11. The van der Waals surface area contributed by atoms with Crippen molar-refractivity contribution in [3.8, 4) is 0 Å². The number of nitrogens with zero attached hydrogens (tertiary/aromatic N) is 3. The zero-order valence-electron chi connectivity index (χ0n) is 12.2. The van der Waals surface area contributed by atoms with Crippen LogP contribution in [0.1, 0.15) is 43.6 Å². The third kappa shape index (κ3) is 3.12. The summed E-state index contributed by atoms with van der Waals surface area (Å²) in [4.78, 5) is 27.4. The number of carbonyl (C=O) groups is 1. The highest BCUT2D eigenvalue weighted by Crippen LogP contribution is 2.37. The van der Waals surface area contributed by atoms with Crippen LogP contribution in [0.2, 0.25) is 0 Å². The molecule has 0 bridgehead atoms. The molecule has 1 N–H and O–H groups in total. The average molecular weight is 293 g/mol. The molecule has 0 amide bonds. The van der Waals surface area contributed by atoms with Crippen LogP contribution in [0.4, 0.5) is 11.5 Å². The van der Waals surface area contributed by atoms with Crippen molar-refractivity contribution in [3.05, 3.63) is 27.9 Å². The van der Waals surface area contributed by atoms with E-state index in [1.807, 2.05) is 4.90 Å². The highest BCUT2D eigenvalue weighted by Gasteiger charge is 2.32. The molecule has 1 aliphatic rings. The van der Waals surface area contributed by atoms with E-state index in [1.165, 1.54) is 12.1 Å². The number of aromatic nitrogens is 1. The first-order chi connectivity index (χ1) is 9.86. The smallest absolute Gasteiger partial charge is 0.354 e. The lowest BCUT2D eigenvalue weighted by Crippen LogP contribution is -2.39. The number of hydrogen-bond acceptors (Lipinski definition) is 5. The fourth-order valence-electron chi connectivity index (χ4n) is 2.55. The number of carboxylic acid groups (broad SMARTS) is 1. The topological polar surface area (TPSA) is 96.6 Å². The largest absolute Gasteiger partial charge is 0.477 e. The molecule has 1 aromatic rings. The van der Waals surface area contributed by atoms with E-state index in [4.69, 9.17) is 5.11 Å². The lowest BCUT2D eigenvalue weighted by Gasteiger charge is -2.39. The van der Waals surface area contributed by atoms with E-state index in [-0.39, 0.29) is 22.6 Å². The molecule has 1 saturated heterocycles. The van der Waals surface area contributed by atoms with Gasteiger partial charge in [0.25, 0.3) is 0 Å². The molecule has 2 heterocycles. The Labute approximate surface area is 122 Å². The predicted octanol–water partition coefficient (Wildman–Crippen LogP) is 2.70. The minimum Gasteiger partial charge on any atom is -0.477 e. The molecule has 1 aliphatic heterocycles. The molecule has 0 radical (unpaired) electrons. The van der Waals surface area contributed by atoms with Crippen LogP contribution in [0.15, 0.2) is 12.1 Å². The standard InChI is InChI=1S/C14H19N3O4/c1-3-14(2)6-8-16(9-7-14)12-11(17(20)21)5-4-10(15-12)13(18)19/h4-5H,3,6-9H2,1-2H3,(H,18,19). The molecular weight excluding hydrogens is 274 g/mol. The maximum absolute atomic E-state index is 11.1. The number of piperidine rings is 1. The quantitative estimate of drug-likeness (QED) is 0.677. The van der Waals surface area contributed by atoms with Crippen LogP contribution in [0.5, 0.6) is 0 Å². The van der Waals surface area contributed by atoms with E-state index >= 15 is 0 Å². The second-order valence-corrected chi connectivity index (χ2v) is 5.75. The minimum absolute atomic E-state index is 0.139. The van der Waals surface area contributed by atoms with Gasteiger partial charge in [0.1, 0.15) is 0 Å². The van der Waals surface area contributed by atoms with E-state index < -0.39 is 10.9 Å². The van der Waals surface area contributed by atoms with Crippen molar-refractivity contribution in [3.63, 3.8) is 0 Å². The molecule has 0 saturated carbocycles. The van der Waals surface area contributed by atoms with Crippen molar-refractivity contribution in [2.45, 2.75) is 33.1 Å². The van der Waals surface area contributed by atoms with Crippen molar-refractivity contribution in [2.24, 2.45) is 5.41 Å². The van der Waals surface area contributed by atoms with Crippen molar-refractivity contribution >= 4 is 17.5 Å². The Bertz CT molecular complexity index is 565. The zero-order chi connectivity index (χ0) is 15.6. The van der Waals surface area contributed by atoms with Crippen LogP contribution in [0, 0.1) is 15.5 Å². The van der Waals surface area contributed by atoms with Crippen molar-refractivity contribution in [1.82, 2.24) is 4.98 Å². The first-order valence-corrected chi connectivity index (χ1v) is 7.00.